The van der Waals surface area contributed by atoms with Gasteiger partial charge in [-0.3, -0.25) is 0 Å². The smallest absolute Gasteiger partial charge is 0.0355 e. The van der Waals surface area contributed by atoms with Crippen LogP contribution in [0.3, 0.4) is 0 Å². The summed E-state index contributed by atoms with van der Waals surface area (Å²) in [7, 11) is 0. The van der Waals surface area contributed by atoms with E-state index in [1.807, 2.05) is 0 Å². The van der Waals surface area contributed by atoms with Crippen molar-refractivity contribution in [3.8, 4) is 0 Å². The zero-order valence-electron chi connectivity index (χ0n) is 10.6. The van der Waals surface area contributed by atoms with Crippen LogP contribution in [-0.2, 0) is 6.42 Å². The molecule has 4 N–H and O–H groups in total. The molecule has 18 heavy (non-hydrogen) atoms. The predicted octanol–water partition coefficient (Wildman–Crippen LogP) is 3.52. The molecule has 0 fully saturated rings. The van der Waals surface area contributed by atoms with Crippen LogP contribution in [0.2, 0.25) is 0 Å². The lowest BCUT2D eigenvalue weighted by molar-refractivity contribution is 1.05. The summed E-state index contributed by atoms with van der Waals surface area (Å²) >= 11 is 1.79. The zero-order valence-corrected chi connectivity index (χ0v) is 11.4. The van der Waals surface area contributed by atoms with Gasteiger partial charge in [0.05, 0.1) is 0 Å². The van der Waals surface area contributed by atoms with Crippen LogP contribution < -0.4 is 11.5 Å². The third-order valence-electron chi connectivity index (χ3n) is 3.50. The van der Waals surface area contributed by atoms with E-state index in [-0.39, 0.29) is 0 Å². The van der Waals surface area contributed by atoms with Gasteiger partial charge >= 0.3 is 0 Å². The van der Waals surface area contributed by atoms with Gasteiger partial charge in [0.2, 0.25) is 0 Å². The highest BCUT2D eigenvalue weighted by molar-refractivity contribution is 7.99. The van der Waals surface area contributed by atoms with Gasteiger partial charge in [0, 0.05) is 21.2 Å². The average molecular weight is 256 g/mol. The molecule has 0 unspecified atom stereocenters. The molecule has 0 saturated carbocycles. The number of rotatable bonds is 0. The van der Waals surface area contributed by atoms with Gasteiger partial charge < -0.3 is 11.5 Å². The third kappa shape index (κ3) is 1.75. The fourth-order valence-corrected chi connectivity index (χ4v) is 3.48. The maximum atomic E-state index is 5.99. The minimum absolute atomic E-state index is 0.872. The number of nitrogen functional groups attached to an aromatic ring is 2. The maximum absolute atomic E-state index is 5.99. The standard InChI is InChI=1S/C15H16N2S/c1-8-3-10-5-11-6-12(16)9(2)4-14(11)18-15(10)7-13(8)17/h3-4,6-7H,5,16-17H2,1-2H3. The van der Waals surface area contributed by atoms with E-state index in [1.54, 1.807) is 11.8 Å². The summed E-state index contributed by atoms with van der Waals surface area (Å²) in [4.78, 5) is 2.58. The Hall–Kier alpha value is -1.61. The number of anilines is 2. The molecule has 92 valence electrons. The van der Waals surface area contributed by atoms with Gasteiger partial charge in [-0.2, -0.15) is 0 Å². The van der Waals surface area contributed by atoms with Crippen molar-refractivity contribution < 1.29 is 0 Å². The Kier molecular flexibility index (Phi) is 2.52. The highest BCUT2D eigenvalue weighted by Crippen LogP contribution is 2.42. The van der Waals surface area contributed by atoms with Crippen molar-refractivity contribution in [2.24, 2.45) is 0 Å². The number of hydrogen-bond donors (Lipinski definition) is 2. The number of benzene rings is 2. The predicted molar refractivity (Wildman–Crippen MR) is 78.1 cm³/mol. The van der Waals surface area contributed by atoms with Crippen molar-refractivity contribution in [3.63, 3.8) is 0 Å². The number of fused-ring (bicyclic) bond motifs is 2. The molecule has 3 heteroatoms. The molecule has 0 aliphatic carbocycles. The van der Waals surface area contributed by atoms with E-state index >= 15 is 0 Å². The van der Waals surface area contributed by atoms with Crippen LogP contribution in [0.5, 0.6) is 0 Å². The Bertz CT molecular complexity index is 536. The molecule has 0 spiro atoms. The van der Waals surface area contributed by atoms with Crippen LogP contribution in [0.1, 0.15) is 22.3 Å². The molecule has 0 aromatic heterocycles. The van der Waals surface area contributed by atoms with E-state index in [4.69, 9.17) is 11.5 Å². The van der Waals surface area contributed by atoms with E-state index in [2.05, 4.69) is 38.1 Å². The van der Waals surface area contributed by atoms with Gasteiger partial charge in [-0.25, -0.2) is 0 Å². The molecule has 2 nitrogen and oxygen atoms in total. The van der Waals surface area contributed by atoms with E-state index in [0.717, 1.165) is 28.9 Å². The fourth-order valence-electron chi connectivity index (χ4n) is 2.30. The zero-order chi connectivity index (χ0) is 12.9. The summed E-state index contributed by atoms with van der Waals surface area (Å²) in [6.45, 7) is 4.11. The van der Waals surface area contributed by atoms with Crippen LogP contribution in [-0.4, -0.2) is 0 Å². The fraction of sp³-hybridized carbons (Fsp3) is 0.200. The van der Waals surface area contributed by atoms with Gasteiger partial charge in [0.15, 0.2) is 0 Å². The van der Waals surface area contributed by atoms with Gasteiger partial charge in [-0.05, 0) is 60.7 Å². The summed E-state index contributed by atoms with van der Waals surface area (Å²) in [5.41, 5.74) is 18.7. The van der Waals surface area contributed by atoms with Crippen LogP contribution in [0.4, 0.5) is 11.4 Å². The number of aryl methyl sites for hydroxylation is 2. The van der Waals surface area contributed by atoms with Gasteiger partial charge in [0.25, 0.3) is 0 Å². The molecule has 0 radical (unpaired) electrons. The summed E-state index contributed by atoms with van der Waals surface area (Å²) in [5, 5.41) is 0. The van der Waals surface area contributed by atoms with E-state index in [9.17, 15) is 0 Å². The molecule has 0 saturated heterocycles. The first-order valence-corrected chi connectivity index (χ1v) is 6.82. The largest absolute Gasteiger partial charge is 0.399 e. The van der Waals surface area contributed by atoms with Crippen molar-refractivity contribution in [1.82, 2.24) is 0 Å². The lowest BCUT2D eigenvalue weighted by atomic mass is 10.00. The SMILES string of the molecule is Cc1cc2c(cc1N)Cc1cc(C)c(N)cc1S2. The Morgan fingerprint density at radius 1 is 0.833 bits per heavy atom. The van der Waals surface area contributed by atoms with Crippen LogP contribution >= 0.6 is 11.8 Å². The van der Waals surface area contributed by atoms with Crippen LogP contribution in [0.15, 0.2) is 34.1 Å². The first kappa shape index (κ1) is 11.5. The van der Waals surface area contributed by atoms with Crippen molar-refractivity contribution in [3.05, 3.63) is 46.5 Å². The highest BCUT2D eigenvalue weighted by atomic mass is 32.2. The van der Waals surface area contributed by atoms with Crippen LogP contribution in [0, 0.1) is 13.8 Å². The minimum atomic E-state index is 0.872. The second-order valence-corrected chi connectivity index (χ2v) is 6.00. The summed E-state index contributed by atoms with van der Waals surface area (Å²) < 4.78 is 0. The first-order chi connectivity index (χ1) is 8.54. The lowest BCUT2D eigenvalue weighted by Crippen LogP contribution is -2.04. The van der Waals surface area contributed by atoms with E-state index < -0.39 is 0 Å². The molecule has 2 aromatic rings. The van der Waals surface area contributed by atoms with Crippen LogP contribution in [0.25, 0.3) is 0 Å². The molecule has 3 rings (SSSR count). The van der Waals surface area contributed by atoms with Gasteiger partial charge in [-0.1, -0.05) is 17.8 Å². The summed E-state index contributed by atoms with van der Waals surface area (Å²) in [5.74, 6) is 0. The number of nitrogens with two attached hydrogens (primary N) is 2. The molecule has 1 heterocycles. The lowest BCUT2D eigenvalue weighted by Gasteiger charge is -2.21. The number of hydrogen-bond acceptors (Lipinski definition) is 3. The third-order valence-corrected chi connectivity index (χ3v) is 4.70. The van der Waals surface area contributed by atoms with Crippen molar-refractivity contribution in [2.45, 2.75) is 30.1 Å². The van der Waals surface area contributed by atoms with Gasteiger partial charge in [-0.15, -0.1) is 0 Å². The second-order valence-electron chi connectivity index (χ2n) is 4.91. The second kappa shape index (κ2) is 3.95. The topological polar surface area (TPSA) is 52.0 Å². The Morgan fingerprint density at radius 2 is 1.39 bits per heavy atom. The molecular formula is C15H16N2S. The Balaban J connectivity index is 2.12. The first-order valence-electron chi connectivity index (χ1n) is 6.00. The quantitative estimate of drug-likeness (QED) is 0.605. The molecule has 0 amide bonds. The monoisotopic (exact) mass is 256 g/mol. The summed E-state index contributed by atoms with van der Waals surface area (Å²) in [6, 6.07) is 8.56. The maximum Gasteiger partial charge on any atom is 0.0355 e. The normalized spacial score (nSPS) is 13.0. The van der Waals surface area contributed by atoms with Crippen molar-refractivity contribution in [2.75, 3.05) is 11.5 Å². The molecule has 2 aromatic carbocycles. The molecule has 0 bridgehead atoms. The van der Waals surface area contributed by atoms with E-state index in [0.29, 0.717) is 0 Å². The molecular weight excluding hydrogens is 240 g/mol. The molecule has 1 aliphatic heterocycles. The minimum Gasteiger partial charge on any atom is -0.399 e. The Labute approximate surface area is 111 Å². The van der Waals surface area contributed by atoms with E-state index in [1.165, 1.54) is 20.9 Å². The highest BCUT2D eigenvalue weighted by Gasteiger charge is 2.18. The average Bonchev–Trinajstić information content (AvgIpc) is 2.31. The Morgan fingerprint density at radius 3 is 2.17 bits per heavy atom. The van der Waals surface area contributed by atoms with Gasteiger partial charge in [0.1, 0.15) is 0 Å². The van der Waals surface area contributed by atoms with Crippen molar-refractivity contribution in [1.29, 1.82) is 0 Å². The van der Waals surface area contributed by atoms with Crippen molar-refractivity contribution >= 4 is 23.1 Å². The molecule has 0 atom stereocenters. The molecule has 1 aliphatic rings. The summed E-state index contributed by atoms with van der Waals surface area (Å²) in [6.07, 6.45) is 0.948.